The lowest BCUT2D eigenvalue weighted by Crippen LogP contribution is -2.34. The normalized spacial score (nSPS) is 14.0. The Hall–Kier alpha value is -2.68. The van der Waals surface area contributed by atoms with Crippen LogP contribution in [0.15, 0.2) is 35.7 Å². The second-order valence-corrected chi connectivity index (χ2v) is 10.4. The van der Waals surface area contributed by atoms with E-state index in [9.17, 15) is 34.6 Å². The van der Waals surface area contributed by atoms with Crippen molar-refractivity contribution in [1.29, 1.82) is 0 Å². The fraction of sp³-hybridized carbons (Fsp3) is 0.353. The van der Waals surface area contributed by atoms with E-state index in [0.29, 0.717) is 6.07 Å². The zero-order chi connectivity index (χ0) is 23.9. The summed E-state index contributed by atoms with van der Waals surface area (Å²) in [6.45, 7) is 1.61. The van der Waals surface area contributed by atoms with E-state index in [1.165, 1.54) is 12.3 Å². The number of nitrogens with zero attached hydrogens (tertiary/aromatic N) is 4. The number of hydrogen-bond acceptors (Lipinski definition) is 7. The standard InChI is InChI=1S/C17H15F5N4O4S2/c1-3-31(27)12-4-10(30-9-32(2,28)29)6-23-15(12)11-7-26-8-24-13(5-14(26)25-11)16(18,19)17(20,21)22/h4-8H,3,9H2,1-2H3. The molecule has 174 valence electrons. The van der Waals surface area contributed by atoms with E-state index < -0.39 is 44.4 Å². The molecule has 0 aliphatic rings. The van der Waals surface area contributed by atoms with Crippen LogP contribution >= 0.6 is 0 Å². The highest BCUT2D eigenvalue weighted by atomic mass is 32.2. The molecule has 1 unspecified atom stereocenters. The van der Waals surface area contributed by atoms with Crippen LogP contribution in [-0.2, 0) is 26.6 Å². The molecule has 0 aliphatic heterocycles. The predicted octanol–water partition coefficient (Wildman–Crippen LogP) is 2.95. The van der Waals surface area contributed by atoms with Crippen LogP contribution in [0.25, 0.3) is 17.0 Å². The number of aromatic nitrogens is 4. The van der Waals surface area contributed by atoms with Gasteiger partial charge in [0.25, 0.3) is 0 Å². The van der Waals surface area contributed by atoms with Crippen molar-refractivity contribution in [1.82, 2.24) is 19.4 Å². The first-order valence-electron chi connectivity index (χ1n) is 8.72. The summed E-state index contributed by atoms with van der Waals surface area (Å²) < 4.78 is 106. The summed E-state index contributed by atoms with van der Waals surface area (Å²) in [5.41, 5.74) is -1.69. The van der Waals surface area contributed by atoms with E-state index in [1.54, 1.807) is 6.92 Å². The van der Waals surface area contributed by atoms with Gasteiger partial charge >= 0.3 is 12.1 Å². The Balaban J connectivity index is 2.06. The molecule has 0 aliphatic carbocycles. The average Bonchev–Trinajstić information content (AvgIpc) is 3.13. The second kappa shape index (κ2) is 8.35. The van der Waals surface area contributed by atoms with E-state index in [2.05, 4.69) is 15.0 Å². The molecule has 3 heterocycles. The Bertz CT molecular complexity index is 1290. The first kappa shape index (κ1) is 24.0. The number of imidazole rings is 1. The summed E-state index contributed by atoms with van der Waals surface area (Å²) in [5, 5.41) is 0. The van der Waals surface area contributed by atoms with Crippen LogP contribution in [-0.4, -0.2) is 56.1 Å². The molecule has 0 amide bonds. The van der Waals surface area contributed by atoms with Gasteiger partial charge in [0.1, 0.15) is 34.8 Å². The van der Waals surface area contributed by atoms with Crippen molar-refractivity contribution in [3.05, 3.63) is 36.5 Å². The molecule has 0 bridgehead atoms. The fourth-order valence-electron chi connectivity index (χ4n) is 2.52. The molecule has 0 radical (unpaired) electrons. The van der Waals surface area contributed by atoms with Crippen molar-refractivity contribution < 1.29 is 39.3 Å². The molecule has 3 aromatic rings. The summed E-state index contributed by atoms with van der Waals surface area (Å²) in [5.74, 6) is -5.63. The predicted molar refractivity (Wildman–Crippen MR) is 103 cm³/mol. The zero-order valence-corrected chi connectivity index (χ0v) is 18.1. The van der Waals surface area contributed by atoms with Crippen LogP contribution in [0, 0.1) is 0 Å². The molecule has 0 N–H and O–H groups in total. The Labute approximate surface area is 180 Å². The molecule has 0 aromatic carbocycles. The number of rotatable bonds is 7. The molecule has 1 atom stereocenters. The van der Waals surface area contributed by atoms with Crippen LogP contribution in [0.4, 0.5) is 22.0 Å². The van der Waals surface area contributed by atoms with Gasteiger partial charge in [0, 0.05) is 30.3 Å². The fourth-order valence-corrected chi connectivity index (χ4v) is 3.81. The van der Waals surface area contributed by atoms with Gasteiger partial charge in [0.05, 0.1) is 21.9 Å². The van der Waals surface area contributed by atoms with Crippen molar-refractivity contribution in [2.45, 2.75) is 23.9 Å². The van der Waals surface area contributed by atoms with E-state index >= 15 is 0 Å². The smallest absolute Gasteiger partial charge is 0.459 e. The maximum atomic E-state index is 13.6. The van der Waals surface area contributed by atoms with Crippen molar-refractivity contribution in [2.75, 3.05) is 17.9 Å². The van der Waals surface area contributed by atoms with Crippen LogP contribution in [0.2, 0.25) is 0 Å². The van der Waals surface area contributed by atoms with Gasteiger partial charge in [-0.25, -0.2) is 23.4 Å². The van der Waals surface area contributed by atoms with Crippen LogP contribution < -0.4 is 4.74 Å². The summed E-state index contributed by atoms with van der Waals surface area (Å²) >= 11 is 0. The molecule has 15 heteroatoms. The van der Waals surface area contributed by atoms with Crippen LogP contribution in [0.5, 0.6) is 5.75 Å². The van der Waals surface area contributed by atoms with E-state index in [-0.39, 0.29) is 33.4 Å². The highest BCUT2D eigenvalue weighted by Crippen LogP contribution is 2.43. The number of sulfone groups is 1. The summed E-state index contributed by atoms with van der Waals surface area (Å²) in [4.78, 5) is 11.4. The monoisotopic (exact) mass is 498 g/mol. The molecule has 3 aromatic heterocycles. The molecule has 0 saturated heterocycles. The Morgan fingerprint density at radius 1 is 1.16 bits per heavy atom. The van der Waals surface area contributed by atoms with Gasteiger partial charge in [-0.1, -0.05) is 6.92 Å². The van der Waals surface area contributed by atoms with Gasteiger partial charge in [-0.15, -0.1) is 0 Å². The highest BCUT2D eigenvalue weighted by Gasteiger charge is 2.60. The number of fused-ring (bicyclic) bond motifs is 1. The third-order valence-corrected chi connectivity index (χ3v) is 5.92. The SMILES string of the molecule is CCS(=O)c1cc(OCS(C)(=O)=O)cnc1-c1cn2cnc(C(F)(F)C(F)(F)F)cc2n1. The maximum absolute atomic E-state index is 13.6. The number of hydrogen-bond donors (Lipinski definition) is 0. The van der Waals surface area contributed by atoms with Gasteiger partial charge in [0.2, 0.25) is 0 Å². The van der Waals surface area contributed by atoms with Crippen molar-refractivity contribution in [2.24, 2.45) is 0 Å². The summed E-state index contributed by atoms with van der Waals surface area (Å²) in [7, 11) is -5.07. The van der Waals surface area contributed by atoms with Gasteiger partial charge in [0.15, 0.2) is 15.8 Å². The van der Waals surface area contributed by atoms with E-state index in [4.69, 9.17) is 4.74 Å². The first-order valence-corrected chi connectivity index (χ1v) is 12.1. The Morgan fingerprint density at radius 3 is 2.44 bits per heavy atom. The van der Waals surface area contributed by atoms with Gasteiger partial charge < -0.3 is 4.74 Å². The largest absolute Gasteiger partial charge is 0.476 e. The lowest BCUT2D eigenvalue weighted by atomic mass is 10.2. The van der Waals surface area contributed by atoms with E-state index in [0.717, 1.165) is 23.2 Å². The molecule has 8 nitrogen and oxygen atoms in total. The number of halogens is 5. The van der Waals surface area contributed by atoms with Crippen LogP contribution in [0.3, 0.4) is 0 Å². The number of alkyl halides is 5. The number of pyridine rings is 1. The molecular formula is C17H15F5N4O4S2. The minimum atomic E-state index is -5.83. The number of ether oxygens (including phenoxy) is 1. The van der Waals surface area contributed by atoms with Crippen molar-refractivity contribution in [3.8, 4) is 17.1 Å². The zero-order valence-electron chi connectivity index (χ0n) is 16.4. The van der Waals surface area contributed by atoms with Crippen molar-refractivity contribution in [3.63, 3.8) is 0 Å². The quantitative estimate of drug-likeness (QED) is 0.462. The van der Waals surface area contributed by atoms with Crippen LogP contribution in [0.1, 0.15) is 12.6 Å². The second-order valence-electron chi connectivity index (χ2n) is 6.58. The molecule has 32 heavy (non-hydrogen) atoms. The molecule has 0 saturated carbocycles. The third-order valence-electron chi connectivity index (χ3n) is 4.04. The highest BCUT2D eigenvalue weighted by molar-refractivity contribution is 7.90. The minimum Gasteiger partial charge on any atom is -0.476 e. The molecule has 3 rings (SSSR count). The lowest BCUT2D eigenvalue weighted by Gasteiger charge is -2.18. The first-order chi connectivity index (χ1) is 14.7. The summed E-state index contributed by atoms with van der Waals surface area (Å²) in [6, 6.07) is 1.80. The topological polar surface area (TPSA) is 104 Å². The Kier molecular flexibility index (Phi) is 6.25. The van der Waals surface area contributed by atoms with Crippen molar-refractivity contribution >= 4 is 26.3 Å². The van der Waals surface area contributed by atoms with Gasteiger partial charge in [-0.3, -0.25) is 8.61 Å². The summed E-state index contributed by atoms with van der Waals surface area (Å²) in [6.07, 6.45) is -1.69. The molecule has 0 fully saturated rings. The Morgan fingerprint density at radius 2 is 1.84 bits per heavy atom. The third kappa shape index (κ3) is 4.87. The minimum absolute atomic E-state index is 0.0218. The maximum Gasteiger partial charge on any atom is 0.459 e. The lowest BCUT2D eigenvalue weighted by molar-refractivity contribution is -0.290. The molecular weight excluding hydrogens is 483 g/mol. The van der Waals surface area contributed by atoms with Gasteiger partial charge in [-0.2, -0.15) is 22.0 Å². The van der Waals surface area contributed by atoms with Gasteiger partial charge in [-0.05, 0) is 0 Å². The average molecular weight is 498 g/mol. The van der Waals surface area contributed by atoms with E-state index in [1.807, 2.05) is 0 Å². The molecule has 0 spiro atoms.